The molecule has 0 saturated heterocycles. The molecule has 0 atom stereocenters. The van der Waals surface area contributed by atoms with E-state index in [0.29, 0.717) is 23.9 Å². The smallest absolute Gasteiger partial charge is 0.255 e. The molecule has 5 nitrogen and oxygen atoms in total. The zero-order valence-corrected chi connectivity index (χ0v) is 18.5. The number of benzene rings is 1. The molecule has 6 heteroatoms. The number of hydrogen-bond donors (Lipinski definition) is 1. The number of carbonyl (C=O) groups excluding carboxylic acids is 2. The predicted molar refractivity (Wildman–Crippen MR) is 121 cm³/mol. The largest absolute Gasteiger partial charge is 0.353 e. The molecule has 1 aromatic carbocycles. The molecule has 1 fully saturated rings. The zero-order chi connectivity index (χ0) is 21.2. The van der Waals surface area contributed by atoms with Gasteiger partial charge in [0.25, 0.3) is 5.91 Å². The van der Waals surface area contributed by atoms with Crippen LogP contribution in [-0.2, 0) is 11.3 Å². The Balaban J connectivity index is 1.56. The average molecular weight is 426 g/mol. The first-order valence-electron chi connectivity index (χ1n) is 10.8. The number of nitrogens with zero attached hydrogens (tertiary/aromatic N) is 2. The van der Waals surface area contributed by atoms with Crippen LogP contribution in [0.4, 0.5) is 0 Å². The van der Waals surface area contributed by atoms with E-state index in [2.05, 4.69) is 10.3 Å². The normalized spacial score (nSPS) is 15.1. The van der Waals surface area contributed by atoms with Gasteiger partial charge < -0.3 is 10.2 Å². The van der Waals surface area contributed by atoms with E-state index in [1.807, 2.05) is 42.5 Å². The Morgan fingerprint density at radius 1 is 1.03 bits per heavy atom. The molecule has 1 aromatic heterocycles. The summed E-state index contributed by atoms with van der Waals surface area (Å²) in [5, 5.41) is 3.20. The zero-order valence-electron chi connectivity index (χ0n) is 17.7. The Labute approximate surface area is 183 Å². The molecule has 0 spiro atoms. The van der Waals surface area contributed by atoms with Crippen LogP contribution in [0.3, 0.4) is 0 Å². The highest BCUT2D eigenvalue weighted by molar-refractivity contribution is 8.00. The number of aromatic nitrogens is 1. The van der Waals surface area contributed by atoms with Crippen molar-refractivity contribution >= 4 is 23.6 Å². The van der Waals surface area contributed by atoms with Crippen molar-refractivity contribution in [1.82, 2.24) is 15.2 Å². The van der Waals surface area contributed by atoms with Gasteiger partial charge in [-0.15, -0.1) is 11.8 Å². The second kappa shape index (κ2) is 11.7. The fraction of sp³-hybridized carbons (Fsp3) is 0.458. The topological polar surface area (TPSA) is 62.3 Å². The molecule has 3 rings (SSSR count). The van der Waals surface area contributed by atoms with Gasteiger partial charge >= 0.3 is 0 Å². The van der Waals surface area contributed by atoms with Gasteiger partial charge in [-0.05, 0) is 37.1 Å². The van der Waals surface area contributed by atoms with Gasteiger partial charge in [0.1, 0.15) is 0 Å². The van der Waals surface area contributed by atoms with Crippen LogP contribution in [0.2, 0.25) is 0 Å². The monoisotopic (exact) mass is 425 g/mol. The van der Waals surface area contributed by atoms with Crippen molar-refractivity contribution in [2.45, 2.75) is 62.4 Å². The highest BCUT2D eigenvalue weighted by Crippen LogP contribution is 2.24. The molecule has 1 aliphatic carbocycles. The van der Waals surface area contributed by atoms with E-state index in [4.69, 9.17) is 0 Å². The quantitative estimate of drug-likeness (QED) is 0.655. The van der Waals surface area contributed by atoms with Gasteiger partial charge in [0.15, 0.2) is 0 Å². The SMILES string of the molecule is CN(Cc1ccccn1)C(=O)c1ccccc1SCC(=O)NC1CCCCCCC1. The first kappa shape index (κ1) is 22.3. The van der Waals surface area contributed by atoms with Crippen molar-refractivity contribution in [2.75, 3.05) is 12.8 Å². The van der Waals surface area contributed by atoms with E-state index >= 15 is 0 Å². The molecule has 0 radical (unpaired) electrons. The number of nitrogens with one attached hydrogen (secondary N) is 1. The number of thioether (sulfide) groups is 1. The Hall–Kier alpha value is -2.34. The summed E-state index contributed by atoms with van der Waals surface area (Å²) in [6.07, 6.45) is 10.1. The van der Waals surface area contributed by atoms with Crippen LogP contribution in [0.25, 0.3) is 0 Å². The number of amides is 2. The van der Waals surface area contributed by atoms with E-state index < -0.39 is 0 Å². The molecule has 0 unspecified atom stereocenters. The van der Waals surface area contributed by atoms with Crippen LogP contribution in [0.5, 0.6) is 0 Å². The Morgan fingerprint density at radius 2 is 1.73 bits per heavy atom. The lowest BCUT2D eigenvalue weighted by Crippen LogP contribution is -2.36. The van der Waals surface area contributed by atoms with Crippen LogP contribution in [0.1, 0.15) is 61.0 Å². The molecular weight excluding hydrogens is 394 g/mol. The van der Waals surface area contributed by atoms with E-state index in [1.165, 1.54) is 43.9 Å². The number of pyridine rings is 1. The third-order valence-electron chi connectivity index (χ3n) is 5.42. The van der Waals surface area contributed by atoms with Crippen LogP contribution in [0.15, 0.2) is 53.6 Å². The minimum Gasteiger partial charge on any atom is -0.353 e. The third-order valence-corrected chi connectivity index (χ3v) is 6.49. The Kier molecular flexibility index (Phi) is 8.75. The van der Waals surface area contributed by atoms with E-state index in [0.717, 1.165) is 23.4 Å². The first-order valence-corrected chi connectivity index (χ1v) is 11.8. The van der Waals surface area contributed by atoms with Gasteiger partial charge in [-0.1, -0.05) is 50.3 Å². The van der Waals surface area contributed by atoms with E-state index in [9.17, 15) is 9.59 Å². The molecule has 1 heterocycles. The van der Waals surface area contributed by atoms with Crippen LogP contribution in [-0.4, -0.2) is 40.5 Å². The molecule has 1 aliphatic rings. The third kappa shape index (κ3) is 6.87. The minimum atomic E-state index is -0.0656. The summed E-state index contributed by atoms with van der Waals surface area (Å²) >= 11 is 1.43. The number of carbonyl (C=O) groups is 2. The lowest BCUT2D eigenvalue weighted by molar-refractivity contribution is -0.119. The van der Waals surface area contributed by atoms with Gasteiger partial charge in [0.05, 0.1) is 23.6 Å². The summed E-state index contributed by atoms with van der Waals surface area (Å²) in [7, 11) is 1.78. The lowest BCUT2D eigenvalue weighted by atomic mass is 9.97. The van der Waals surface area contributed by atoms with Crippen molar-refractivity contribution in [1.29, 1.82) is 0 Å². The van der Waals surface area contributed by atoms with E-state index in [-0.39, 0.29) is 11.8 Å². The maximum absolute atomic E-state index is 13.0. The standard InChI is InChI=1S/C24H31N3O2S/c1-27(17-20-13-9-10-16-25-20)24(29)21-14-7-8-15-22(21)30-18-23(28)26-19-11-5-3-2-4-6-12-19/h7-10,13-16,19H,2-6,11-12,17-18H2,1H3,(H,26,28). The lowest BCUT2D eigenvalue weighted by Gasteiger charge is -2.21. The maximum atomic E-state index is 13.0. The molecule has 30 heavy (non-hydrogen) atoms. The second-order valence-electron chi connectivity index (χ2n) is 7.88. The fourth-order valence-corrected chi connectivity index (χ4v) is 4.65. The van der Waals surface area contributed by atoms with Crippen molar-refractivity contribution in [3.8, 4) is 0 Å². The second-order valence-corrected chi connectivity index (χ2v) is 8.89. The summed E-state index contributed by atoms with van der Waals surface area (Å²) < 4.78 is 0. The van der Waals surface area contributed by atoms with Crippen molar-refractivity contribution in [3.63, 3.8) is 0 Å². The summed E-state index contributed by atoms with van der Waals surface area (Å²) in [4.78, 5) is 32.3. The molecule has 2 amide bonds. The summed E-state index contributed by atoms with van der Waals surface area (Å²) in [6, 6.07) is 13.5. The summed E-state index contributed by atoms with van der Waals surface area (Å²) in [5.74, 6) is 0.309. The Bertz CT molecular complexity index is 820. The van der Waals surface area contributed by atoms with Crippen molar-refractivity contribution < 1.29 is 9.59 Å². The number of rotatable bonds is 7. The van der Waals surface area contributed by atoms with Crippen LogP contribution in [0, 0.1) is 0 Å². The summed E-state index contributed by atoms with van der Waals surface area (Å²) in [5.41, 5.74) is 1.47. The van der Waals surface area contributed by atoms with Gasteiger partial charge in [-0.25, -0.2) is 0 Å². The molecule has 160 valence electrons. The van der Waals surface area contributed by atoms with E-state index in [1.54, 1.807) is 18.1 Å². The minimum absolute atomic E-state index is 0.0506. The van der Waals surface area contributed by atoms with Gasteiger partial charge in [-0.2, -0.15) is 0 Å². The van der Waals surface area contributed by atoms with Gasteiger partial charge in [0, 0.05) is 24.2 Å². The first-order chi connectivity index (χ1) is 14.6. The number of hydrogen-bond acceptors (Lipinski definition) is 4. The van der Waals surface area contributed by atoms with Crippen molar-refractivity contribution in [2.24, 2.45) is 0 Å². The average Bonchev–Trinajstić information content (AvgIpc) is 2.74. The highest BCUT2D eigenvalue weighted by atomic mass is 32.2. The highest BCUT2D eigenvalue weighted by Gasteiger charge is 2.18. The predicted octanol–water partition coefficient (Wildman–Crippen LogP) is 4.68. The maximum Gasteiger partial charge on any atom is 0.255 e. The molecule has 1 saturated carbocycles. The van der Waals surface area contributed by atoms with Crippen molar-refractivity contribution in [3.05, 3.63) is 59.9 Å². The molecule has 2 aromatic rings. The van der Waals surface area contributed by atoms with Gasteiger partial charge in [0.2, 0.25) is 5.91 Å². The Morgan fingerprint density at radius 3 is 2.47 bits per heavy atom. The van der Waals surface area contributed by atoms with Crippen LogP contribution < -0.4 is 5.32 Å². The summed E-state index contributed by atoms with van der Waals surface area (Å²) in [6.45, 7) is 0.445. The van der Waals surface area contributed by atoms with Gasteiger partial charge in [-0.3, -0.25) is 14.6 Å². The van der Waals surface area contributed by atoms with Crippen LogP contribution >= 0.6 is 11.8 Å². The molecule has 0 bridgehead atoms. The molecular formula is C24H31N3O2S. The molecule has 1 N–H and O–H groups in total. The fourth-order valence-electron chi connectivity index (χ4n) is 3.79. The molecule has 0 aliphatic heterocycles.